The van der Waals surface area contributed by atoms with E-state index in [0.717, 1.165) is 13.0 Å². The summed E-state index contributed by atoms with van der Waals surface area (Å²) in [5, 5.41) is 8.95. The normalized spacial score (nSPS) is 26.7. The van der Waals surface area contributed by atoms with E-state index in [9.17, 15) is 0 Å². The van der Waals surface area contributed by atoms with Gasteiger partial charge in [-0.05, 0) is 18.9 Å². The first kappa shape index (κ1) is 9.69. The zero-order chi connectivity index (χ0) is 9.97. The van der Waals surface area contributed by atoms with Crippen LogP contribution in [0.4, 0.5) is 0 Å². The lowest BCUT2D eigenvalue weighted by atomic mass is 9.96. The quantitative estimate of drug-likeness (QED) is 0.775. The Morgan fingerprint density at radius 3 is 2.64 bits per heavy atom. The third kappa shape index (κ3) is 1.97. The van der Waals surface area contributed by atoms with Gasteiger partial charge in [0.25, 0.3) is 0 Å². The predicted octanol–water partition coefficient (Wildman–Crippen LogP) is 1.86. The van der Waals surface area contributed by atoms with Gasteiger partial charge in [-0.2, -0.15) is 0 Å². The number of hydrogen-bond donors (Lipinski definition) is 1. The molecule has 0 unspecified atom stereocenters. The maximum atomic E-state index is 8.95. The summed E-state index contributed by atoms with van der Waals surface area (Å²) in [6, 6.07) is 8.56. The van der Waals surface area contributed by atoms with E-state index in [0.29, 0.717) is 5.92 Å². The molecule has 2 nitrogen and oxygen atoms in total. The van der Waals surface area contributed by atoms with Gasteiger partial charge >= 0.3 is 0 Å². The van der Waals surface area contributed by atoms with Gasteiger partial charge in [-0.15, -0.1) is 0 Å². The van der Waals surface area contributed by atoms with Crippen LogP contribution in [0.1, 0.15) is 23.5 Å². The SMILES string of the molecule is Cc1ccc([C@@H]2CO[C@@H](CO)C2)cc1. The Labute approximate surface area is 84.5 Å². The Morgan fingerprint density at radius 2 is 2.07 bits per heavy atom. The molecule has 1 heterocycles. The van der Waals surface area contributed by atoms with Gasteiger partial charge < -0.3 is 9.84 Å². The Balaban J connectivity index is 2.06. The van der Waals surface area contributed by atoms with Crippen LogP contribution in [0.15, 0.2) is 24.3 Å². The van der Waals surface area contributed by atoms with Crippen molar-refractivity contribution in [2.45, 2.75) is 25.4 Å². The molecule has 1 saturated heterocycles. The van der Waals surface area contributed by atoms with Gasteiger partial charge in [0.2, 0.25) is 0 Å². The van der Waals surface area contributed by atoms with Crippen molar-refractivity contribution in [3.8, 4) is 0 Å². The molecule has 1 aromatic carbocycles. The van der Waals surface area contributed by atoms with Crippen LogP contribution in [-0.4, -0.2) is 24.4 Å². The second kappa shape index (κ2) is 4.11. The standard InChI is InChI=1S/C12H16O2/c1-9-2-4-10(5-3-9)11-6-12(7-13)14-8-11/h2-5,11-13H,6-8H2,1H3/t11-,12+/m0/s1. The highest BCUT2D eigenvalue weighted by atomic mass is 16.5. The first-order chi connectivity index (χ1) is 6.79. The van der Waals surface area contributed by atoms with Crippen molar-refractivity contribution in [3.63, 3.8) is 0 Å². The van der Waals surface area contributed by atoms with Crippen molar-refractivity contribution < 1.29 is 9.84 Å². The molecule has 0 saturated carbocycles. The van der Waals surface area contributed by atoms with E-state index in [2.05, 4.69) is 31.2 Å². The maximum absolute atomic E-state index is 8.95. The van der Waals surface area contributed by atoms with Crippen LogP contribution in [-0.2, 0) is 4.74 Å². The second-order valence-electron chi connectivity index (χ2n) is 3.98. The summed E-state index contributed by atoms with van der Waals surface area (Å²) in [6.45, 7) is 2.97. The van der Waals surface area contributed by atoms with E-state index in [4.69, 9.17) is 9.84 Å². The molecule has 0 aromatic heterocycles. The number of aryl methyl sites for hydroxylation is 1. The van der Waals surface area contributed by atoms with Crippen LogP contribution in [0.5, 0.6) is 0 Å². The molecule has 1 aliphatic rings. The summed E-state index contributed by atoms with van der Waals surface area (Å²) in [6.07, 6.45) is 0.987. The van der Waals surface area contributed by atoms with Crippen molar-refractivity contribution in [1.29, 1.82) is 0 Å². The maximum Gasteiger partial charge on any atom is 0.0812 e. The number of aliphatic hydroxyl groups excluding tert-OH is 1. The van der Waals surface area contributed by atoms with E-state index >= 15 is 0 Å². The molecule has 14 heavy (non-hydrogen) atoms. The van der Waals surface area contributed by atoms with Crippen LogP contribution in [0, 0.1) is 6.92 Å². The fourth-order valence-corrected chi connectivity index (χ4v) is 1.90. The van der Waals surface area contributed by atoms with Crippen LogP contribution >= 0.6 is 0 Å². The zero-order valence-electron chi connectivity index (χ0n) is 8.44. The Morgan fingerprint density at radius 1 is 1.36 bits per heavy atom. The third-order valence-corrected chi connectivity index (χ3v) is 2.83. The van der Waals surface area contributed by atoms with Gasteiger partial charge in [0.15, 0.2) is 0 Å². The van der Waals surface area contributed by atoms with E-state index in [1.54, 1.807) is 0 Å². The molecule has 76 valence electrons. The lowest BCUT2D eigenvalue weighted by Crippen LogP contribution is -2.09. The molecule has 1 fully saturated rings. The van der Waals surface area contributed by atoms with Gasteiger partial charge in [-0.1, -0.05) is 29.8 Å². The van der Waals surface area contributed by atoms with E-state index < -0.39 is 0 Å². The van der Waals surface area contributed by atoms with Gasteiger partial charge in [0.05, 0.1) is 19.3 Å². The Bertz CT molecular complexity index is 292. The molecule has 0 aliphatic carbocycles. The van der Waals surface area contributed by atoms with Crippen LogP contribution in [0.25, 0.3) is 0 Å². The summed E-state index contributed by atoms with van der Waals surface area (Å²) < 4.78 is 5.45. The first-order valence-corrected chi connectivity index (χ1v) is 5.08. The monoisotopic (exact) mass is 192 g/mol. The van der Waals surface area contributed by atoms with Crippen molar-refractivity contribution in [3.05, 3.63) is 35.4 Å². The lowest BCUT2D eigenvalue weighted by molar-refractivity contribution is 0.0585. The predicted molar refractivity (Wildman–Crippen MR) is 55.4 cm³/mol. The second-order valence-corrected chi connectivity index (χ2v) is 3.98. The summed E-state index contributed by atoms with van der Waals surface area (Å²) in [5.41, 5.74) is 2.61. The van der Waals surface area contributed by atoms with Crippen LogP contribution in [0.2, 0.25) is 0 Å². The van der Waals surface area contributed by atoms with Crippen molar-refractivity contribution in [2.75, 3.05) is 13.2 Å². The molecular formula is C12H16O2. The topological polar surface area (TPSA) is 29.5 Å². The van der Waals surface area contributed by atoms with Gasteiger partial charge in [0, 0.05) is 5.92 Å². The number of benzene rings is 1. The fourth-order valence-electron chi connectivity index (χ4n) is 1.90. The number of aliphatic hydroxyl groups is 1. The minimum Gasteiger partial charge on any atom is -0.394 e. The zero-order valence-corrected chi connectivity index (χ0v) is 8.44. The van der Waals surface area contributed by atoms with E-state index in [1.165, 1.54) is 11.1 Å². The number of hydrogen-bond acceptors (Lipinski definition) is 2. The number of ether oxygens (including phenoxy) is 1. The Hall–Kier alpha value is -0.860. The lowest BCUT2D eigenvalue weighted by Gasteiger charge is -2.08. The molecule has 1 aromatic rings. The van der Waals surface area contributed by atoms with E-state index in [1.807, 2.05) is 0 Å². The van der Waals surface area contributed by atoms with Crippen molar-refractivity contribution in [1.82, 2.24) is 0 Å². The summed E-state index contributed by atoms with van der Waals surface area (Å²) in [5.74, 6) is 0.466. The molecule has 1 aliphatic heterocycles. The minimum atomic E-state index is 0.0429. The molecule has 0 bridgehead atoms. The highest BCUT2D eigenvalue weighted by Gasteiger charge is 2.25. The smallest absolute Gasteiger partial charge is 0.0812 e. The van der Waals surface area contributed by atoms with Crippen LogP contribution in [0.3, 0.4) is 0 Å². The van der Waals surface area contributed by atoms with Gasteiger partial charge in [-0.25, -0.2) is 0 Å². The molecule has 2 atom stereocenters. The number of rotatable bonds is 2. The molecule has 0 radical (unpaired) electrons. The average molecular weight is 192 g/mol. The Kier molecular flexibility index (Phi) is 2.85. The highest BCUT2D eigenvalue weighted by Crippen LogP contribution is 2.29. The highest BCUT2D eigenvalue weighted by molar-refractivity contribution is 5.25. The fraction of sp³-hybridized carbons (Fsp3) is 0.500. The summed E-state index contributed by atoms with van der Waals surface area (Å²) in [4.78, 5) is 0. The third-order valence-electron chi connectivity index (χ3n) is 2.83. The first-order valence-electron chi connectivity index (χ1n) is 5.08. The largest absolute Gasteiger partial charge is 0.394 e. The minimum absolute atomic E-state index is 0.0429. The van der Waals surface area contributed by atoms with E-state index in [-0.39, 0.29) is 12.7 Å². The van der Waals surface area contributed by atoms with Crippen LogP contribution < -0.4 is 0 Å². The molecule has 0 amide bonds. The molecule has 2 heteroatoms. The van der Waals surface area contributed by atoms with Crippen molar-refractivity contribution >= 4 is 0 Å². The molecule has 1 N–H and O–H groups in total. The molecule has 0 spiro atoms. The summed E-state index contributed by atoms with van der Waals surface area (Å²) >= 11 is 0. The molecule has 2 rings (SSSR count). The van der Waals surface area contributed by atoms with Gasteiger partial charge in [-0.3, -0.25) is 0 Å². The van der Waals surface area contributed by atoms with Crippen molar-refractivity contribution in [2.24, 2.45) is 0 Å². The molecular weight excluding hydrogens is 176 g/mol. The summed E-state index contributed by atoms with van der Waals surface area (Å²) in [7, 11) is 0. The van der Waals surface area contributed by atoms with Gasteiger partial charge in [0.1, 0.15) is 0 Å². The average Bonchev–Trinajstić information content (AvgIpc) is 2.67.